The third-order valence-corrected chi connectivity index (χ3v) is 2.90. The van der Waals surface area contributed by atoms with E-state index in [1.54, 1.807) is 45.0 Å². The van der Waals surface area contributed by atoms with Crippen molar-refractivity contribution in [3.05, 3.63) is 29.8 Å². The highest BCUT2D eigenvalue weighted by Gasteiger charge is 2.29. The van der Waals surface area contributed by atoms with Crippen LogP contribution in [0.3, 0.4) is 0 Å². The molecule has 1 aromatic carbocycles. The first kappa shape index (κ1) is 15.0. The van der Waals surface area contributed by atoms with Crippen molar-refractivity contribution < 1.29 is 14.3 Å². The van der Waals surface area contributed by atoms with Gasteiger partial charge in [0.15, 0.2) is 0 Å². The highest BCUT2D eigenvalue weighted by Crippen LogP contribution is 2.24. The Kier molecular flexibility index (Phi) is 4.92. The number of nitrogen functional groups attached to an aromatic ring is 1. The molecule has 0 bridgehead atoms. The third kappa shape index (κ3) is 3.98. The van der Waals surface area contributed by atoms with Crippen molar-refractivity contribution in [3.8, 4) is 0 Å². The zero-order valence-electron chi connectivity index (χ0n) is 11.5. The number of nitrogens with two attached hydrogens (primary N) is 1. The number of amides is 1. The van der Waals surface area contributed by atoms with Gasteiger partial charge in [-0.05, 0) is 38.5 Å². The van der Waals surface area contributed by atoms with Gasteiger partial charge in [0.25, 0.3) is 0 Å². The van der Waals surface area contributed by atoms with E-state index in [-0.39, 0.29) is 12.5 Å². The first-order valence-corrected chi connectivity index (χ1v) is 6.18. The molecule has 0 radical (unpaired) electrons. The zero-order chi connectivity index (χ0) is 14.5. The fraction of sp³-hybridized carbons (Fsp3) is 0.429. The number of esters is 1. The second-order valence-corrected chi connectivity index (χ2v) is 4.73. The molecule has 5 heteroatoms. The summed E-state index contributed by atoms with van der Waals surface area (Å²) < 4.78 is 4.76. The predicted molar refractivity (Wildman–Crippen MR) is 73.5 cm³/mol. The van der Waals surface area contributed by atoms with E-state index in [1.807, 2.05) is 0 Å². The van der Waals surface area contributed by atoms with E-state index in [0.717, 1.165) is 5.56 Å². The molecule has 0 fully saturated rings. The summed E-state index contributed by atoms with van der Waals surface area (Å²) in [6.45, 7) is 5.48. The predicted octanol–water partition coefficient (Wildman–Crippen LogP) is 1.23. The zero-order valence-corrected chi connectivity index (χ0v) is 11.5. The van der Waals surface area contributed by atoms with Crippen LogP contribution in [0.15, 0.2) is 24.3 Å². The molecular weight excluding hydrogens is 244 g/mol. The molecule has 0 unspecified atom stereocenters. The van der Waals surface area contributed by atoms with E-state index in [0.29, 0.717) is 12.3 Å². The van der Waals surface area contributed by atoms with Crippen LogP contribution < -0.4 is 11.1 Å². The normalized spacial score (nSPS) is 10.9. The van der Waals surface area contributed by atoms with Crippen molar-refractivity contribution in [1.29, 1.82) is 0 Å². The number of ether oxygens (including phenoxy) is 1. The monoisotopic (exact) mass is 264 g/mol. The number of hydrogen-bond donors (Lipinski definition) is 2. The number of carbonyl (C=O) groups is 2. The molecule has 3 N–H and O–H groups in total. The van der Waals surface area contributed by atoms with E-state index in [4.69, 9.17) is 10.5 Å². The summed E-state index contributed by atoms with van der Waals surface area (Å²) in [6.07, 6.45) is 0. The SMILES string of the molecule is CCOC(=O)CNC(=O)C(C)(C)c1ccc(N)cc1. The molecular formula is C14H20N2O3. The topological polar surface area (TPSA) is 81.4 Å². The van der Waals surface area contributed by atoms with E-state index >= 15 is 0 Å². The second-order valence-electron chi connectivity index (χ2n) is 4.73. The molecule has 0 atom stereocenters. The lowest BCUT2D eigenvalue weighted by Gasteiger charge is -2.24. The van der Waals surface area contributed by atoms with Crippen LogP contribution in [0.5, 0.6) is 0 Å². The minimum atomic E-state index is -0.736. The Balaban J connectivity index is 2.68. The number of rotatable bonds is 5. The van der Waals surface area contributed by atoms with Gasteiger partial charge in [0.2, 0.25) is 5.91 Å². The smallest absolute Gasteiger partial charge is 0.325 e. The Morgan fingerprint density at radius 1 is 1.26 bits per heavy atom. The highest BCUT2D eigenvalue weighted by molar-refractivity contribution is 5.89. The molecule has 5 nitrogen and oxygen atoms in total. The Labute approximate surface area is 113 Å². The molecule has 1 aromatic rings. The lowest BCUT2D eigenvalue weighted by molar-refractivity contribution is -0.143. The average Bonchev–Trinajstić information content (AvgIpc) is 2.36. The van der Waals surface area contributed by atoms with Gasteiger partial charge in [0.1, 0.15) is 6.54 Å². The van der Waals surface area contributed by atoms with Crippen LogP contribution in [0, 0.1) is 0 Å². The third-order valence-electron chi connectivity index (χ3n) is 2.90. The minimum Gasteiger partial charge on any atom is -0.465 e. The van der Waals surface area contributed by atoms with Crippen molar-refractivity contribution in [3.63, 3.8) is 0 Å². The van der Waals surface area contributed by atoms with E-state index in [9.17, 15) is 9.59 Å². The summed E-state index contributed by atoms with van der Waals surface area (Å²) in [6, 6.07) is 7.10. The molecule has 0 aromatic heterocycles. The highest BCUT2D eigenvalue weighted by atomic mass is 16.5. The first-order valence-electron chi connectivity index (χ1n) is 6.18. The van der Waals surface area contributed by atoms with Gasteiger partial charge in [-0.3, -0.25) is 9.59 Å². The van der Waals surface area contributed by atoms with Gasteiger partial charge in [-0.2, -0.15) is 0 Å². The molecule has 0 heterocycles. The fourth-order valence-corrected chi connectivity index (χ4v) is 1.62. The van der Waals surface area contributed by atoms with Crippen LogP contribution in [-0.2, 0) is 19.7 Å². The quantitative estimate of drug-likeness (QED) is 0.619. The summed E-state index contributed by atoms with van der Waals surface area (Å²) in [7, 11) is 0. The van der Waals surface area contributed by atoms with Gasteiger partial charge >= 0.3 is 5.97 Å². The molecule has 104 valence electrons. The summed E-state index contributed by atoms with van der Waals surface area (Å²) in [4.78, 5) is 23.3. The van der Waals surface area contributed by atoms with Crippen LogP contribution in [0.25, 0.3) is 0 Å². The number of hydrogen-bond acceptors (Lipinski definition) is 4. The summed E-state index contributed by atoms with van der Waals surface area (Å²) >= 11 is 0. The molecule has 1 rings (SSSR count). The fourth-order valence-electron chi connectivity index (χ4n) is 1.62. The first-order chi connectivity index (χ1) is 8.87. The van der Waals surface area contributed by atoms with E-state index in [1.165, 1.54) is 0 Å². The molecule has 1 amide bonds. The van der Waals surface area contributed by atoms with Crippen molar-refractivity contribution in [1.82, 2.24) is 5.32 Å². The number of anilines is 1. The van der Waals surface area contributed by atoms with Gasteiger partial charge < -0.3 is 15.8 Å². The van der Waals surface area contributed by atoms with Crippen LogP contribution in [-0.4, -0.2) is 25.0 Å². The molecule has 0 saturated heterocycles. The van der Waals surface area contributed by atoms with E-state index < -0.39 is 11.4 Å². The lowest BCUT2D eigenvalue weighted by atomic mass is 9.83. The Bertz CT molecular complexity index is 452. The van der Waals surface area contributed by atoms with Crippen LogP contribution in [0.2, 0.25) is 0 Å². The van der Waals surface area contributed by atoms with Crippen molar-refractivity contribution >= 4 is 17.6 Å². The van der Waals surface area contributed by atoms with Crippen molar-refractivity contribution in [2.24, 2.45) is 0 Å². The van der Waals surface area contributed by atoms with Crippen LogP contribution >= 0.6 is 0 Å². The maximum atomic E-state index is 12.1. The van der Waals surface area contributed by atoms with Crippen LogP contribution in [0.4, 0.5) is 5.69 Å². The Morgan fingerprint density at radius 3 is 2.37 bits per heavy atom. The van der Waals surface area contributed by atoms with Gasteiger partial charge in [-0.1, -0.05) is 12.1 Å². The molecule has 0 spiro atoms. The Hall–Kier alpha value is -2.04. The van der Waals surface area contributed by atoms with Crippen molar-refractivity contribution in [2.45, 2.75) is 26.2 Å². The maximum Gasteiger partial charge on any atom is 0.325 e. The summed E-state index contributed by atoms with van der Waals surface area (Å²) in [5.74, 6) is -0.672. The molecule has 19 heavy (non-hydrogen) atoms. The second kappa shape index (κ2) is 6.22. The number of nitrogens with one attached hydrogen (secondary N) is 1. The summed E-state index contributed by atoms with van der Waals surface area (Å²) in [5.41, 5.74) is 6.36. The average molecular weight is 264 g/mol. The lowest BCUT2D eigenvalue weighted by Crippen LogP contribution is -2.42. The van der Waals surface area contributed by atoms with Gasteiger partial charge in [-0.25, -0.2) is 0 Å². The standard InChI is InChI=1S/C14H20N2O3/c1-4-19-12(17)9-16-13(18)14(2,3)10-5-7-11(15)8-6-10/h5-8H,4,9,15H2,1-3H3,(H,16,18). The van der Waals surface area contributed by atoms with Gasteiger partial charge in [-0.15, -0.1) is 0 Å². The van der Waals surface area contributed by atoms with E-state index in [2.05, 4.69) is 5.32 Å². The minimum absolute atomic E-state index is 0.120. The number of carbonyl (C=O) groups excluding carboxylic acids is 2. The maximum absolute atomic E-state index is 12.1. The molecule has 0 aliphatic rings. The Morgan fingerprint density at radius 2 is 1.84 bits per heavy atom. The molecule has 0 aliphatic heterocycles. The van der Waals surface area contributed by atoms with Crippen LogP contribution in [0.1, 0.15) is 26.3 Å². The molecule has 0 aliphatic carbocycles. The van der Waals surface area contributed by atoms with Gasteiger partial charge in [0, 0.05) is 5.69 Å². The molecule has 0 saturated carbocycles. The largest absolute Gasteiger partial charge is 0.465 e. The van der Waals surface area contributed by atoms with Crippen molar-refractivity contribution in [2.75, 3.05) is 18.9 Å². The number of benzene rings is 1. The summed E-state index contributed by atoms with van der Waals surface area (Å²) in [5, 5.41) is 2.58. The van der Waals surface area contributed by atoms with Gasteiger partial charge in [0.05, 0.1) is 12.0 Å².